The highest BCUT2D eigenvalue weighted by Crippen LogP contribution is 2.31. The molecule has 0 N–H and O–H groups in total. The van der Waals surface area contributed by atoms with Crippen LogP contribution in [0.4, 0.5) is 4.39 Å². The summed E-state index contributed by atoms with van der Waals surface area (Å²) in [5.74, 6) is 0.0795. The lowest BCUT2D eigenvalue weighted by molar-refractivity contribution is 0.122. The molecule has 0 saturated carbocycles. The van der Waals surface area contributed by atoms with Crippen LogP contribution in [0.5, 0.6) is 0 Å². The zero-order valence-electron chi connectivity index (χ0n) is 9.50. The van der Waals surface area contributed by atoms with E-state index in [1.165, 1.54) is 0 Å². The topological polar surface area (TPSA) is 3.24 Å². The van der Waals surface area contributed by atoms with Crippen LogP contribution in [0.1, 0.15) is 24.8 Å². The van der Waals surface area contributed by atoms with Crippen LogP contribution < -0.4 is 0 Å². The van der Waals surface area contributed by atoms with Crippen LogP contribution in [0, 0.1) is 0 Å². The highest BCUT2D eigenvalue weighted by atomic mass is 79.9. The van der Waals surface area contributed by atoms with Crippen molar-refractivity contribution in [3.63, 3.8) is 0 Å². The Bertz CT molecular complexity index is 338. The number of hydrogen-bond acceptors (Lipinski definition) is 1. The summed E-state index contributed by atoms with van der Waals surface area (Å²) in [5, 5.41) is 0. The van der Waals surface area contributed by atoms with Gasteiger partial charge in [0.05, 0.1) is 0 Å². The molecule has 1 nitrogen and oxygen atoms in total. The van der Waals surface area contributed by atoms with Gasteiger partial charge < -0.3 is 4.90 Å². The van der Waals surface area contributed by atoms with Gasteiger partial charge in [-0.25, -0.2) is 4.39 Å². The third kappa shape index (κ3) is 2.64. The summed E-state index contributed by atoms with van der Waals surface area (Å²) in [4.78, 5) is 2.18. The lowest BCUT2D eigenvalue weighted by atomic mass is 9.88. The largest absolute Gasteiger partial charge is 0.301 e. The van der Waals surface area contributed by atoms with Gasteiger partial charge >= 0.3 is 0 Å². The van der Waals surface area contributed by atoms with Gasteiger partial charge in [-0.3, -0.25) is 0 Å². The minimum absolute atomic E-state index is 0.0795. The molecule has 0 spiro atoms. The van der Waals surface area contributed by atoms with Crippen LogP contribution >= 0.6 is 15.9 Å². The number of alkyl halides is 1. The van der Waals surface area contributed by atoms with Crippen molar-refractivity contribution in [1.82, 2.24) is 4.90 Å². The van der Waals surface area contributed by atoms with E-state index in [0.717, 1.165) is 29.5 Å². The minimum Gasteiger partial charge on any atom is -0.301 e. The molecule has 2 rings (SSSR count). The van der Waals surface area contributed by atoms with Gasteiger partial charge in [0.1, 0.15) is 6.17 Å². The molecule has 2 atom stereocenters. The Balaban J connectivity index is 2.08. The van der Waals surface area contributed by atoms with E-state index in [-0.39, 0.29) is 5.92 Å². The van der Waals surface area contributed by atoms with Crippen LogP contribution in [0.3, 0.4) is 0 Å². The summed E-state index contributed by atoms with van der Waals surface area (Å²) in [7, 11) is 0. The first-order chi connectivity index (χ1) is 7.70. The number of rotatable bonds is 2. The fraction of sp³-hybridized carbons (Fsp3) is 0.538. The van der Waals surface area contributed by atoms with Gasteiger partial charge in [-0.15, -0.1) is 0 Å². The lowest BCUT2D eigenvalue weighted by Gasteiger charge is -2.34. The Morgan fingerprint density at radius 3 is 2.62 bits per heavy atom. The molecule has 0 aromatic heterocycles. The average Bonchev–Trinajstić information content (AvgIpc) is 2.30. The van der Waals surface area contributed by atoms with Crippen molar-refractivity contribution in [3.8, 4) is 0 Å². The first-order valence-electron chi connectivity index (χ1n) is 5.82. The van der Waals surface area contributed by atoms with Crippen molar-refractivity contribution in [1.29, 1.82) is 0 Å². The predicted molar refractivity (Wildman–Crippen MR) is 68.5 cm³/mol. The molecule has 3 heteroatoms. The van der Waals surface area contributed by atoms with Crippen LogP contribution in [0.2, 0.25) is 0 Å². The molecule has 1 aliphatic rings. The number of halogens is 2. The van der Waals surface area contributed by atoms with Crippen LogP contribution in [0.15, 0.2) is 28.7 Å². The Morgan fingerprint density at radius 2 is 2.06 bits per heavy atom. The highest BCUT2D eigenvalue weighted by molar-refractivity contribution is 9.10. The first-order valence-corrected chi connectivity index (χ1v) is 6.62. The average molecular weight is 286 g/mol. The van der Waals surface area contributed by atoms with Crippen LogP contribution in [-0.2, 0) is 0 Å². The number of benzene rings is 1. The van der Waals surface area contributed by atoms with Gasteiger partial charge in [-0.05, 0) is 37.2 Å². The van der Waals surface area contributed by atoms with Crippen LogP contribution in [-0.4, -0.2) is 30.7 Å². The summed E-state index contributed by atoms with van der Waals surface area (Å²) in [6, 6.07) is 8.05. The van der Waals surface area contributed by atoms with Gasteiger partial charge in [0.25, 0.3) is 0 Å². The normalized spacial score (nSPS) is 26.9. The predicted octanol–water partition coefficient (Wildman–Crippen LogP) is 3.60. The minimum atomic E-state index is -0.727. The van der Waals surface area contributed by atoms with E-state index in [1.54, 1.807) is 0 Å². The maximum Gasteiger partial charge on any atom is 0.120 e. The summed E-state index contributed by atoms with van der Waals surface area (Å²) in [6.07, 6.45) is 0.200. The molecule has 1 aromatic carbocycles. The van der Waals surface area contributed by atoms with Crippen molar-refractivity contribution in [3.05, 3.63) is 34.3 Å². The third-order valence-corrected chi connectivity index (χ3v) is 3.90. The van der Waals surface area contributed by atoms with Crippen LogP contribution in [0.25, 0.3) is 0 Å². The van der Waals surface area contributed by atoms with Crippen molar-refractivity contribution in [2.75, 3.05) is 19.6 Å². The second-order valence-electron chi connectivity index (χ2n) is 4.36. The van der Waals surface area contributed by atoms with Crippen molar-refractivity contribution < 1.29 is 4.39 Å². The molecule has 88 valence electrons. The fourth-order valence-corrected chi connectivity index (χ4v) is 2.60. The van der Waals surface area contributed by atoms with Gasteiger partial charge in [0.2, 0.25) is 0 Å². The molecular formula is C13H17BrFN. The van der Waals surface area contributed by atoms with E-state index >= 15 is 0 Å². The number of likely N-dealkylation sites (tertiary alicyclic amines) is 1. The Kier molecular flexibility index (Phi) is 3.98. The molecule has 1 aliphatic heterocycles. The molecule has 0 bridgehead atoms. The molecule has 0 amide bonds. The maximum absolute atomic E-state index is 14.0. The van der Waals surface area contributed by atoms with Gasteiger partial charge in [0, 0.05) is 16.9 Å². The van der Waals surface area contributed by atoms with E-state index in [2.05, 4.69) is 27.8 Å². The Hall–Kier alpha value is -0.410. The van der Waals surface area contributed by atoms with E-state index in [0.29, 0.717) is 6.54 Å². The molecule has 1 heterocycles. The number of nitrogens with zero attached hydrogens (tertiary/aromatic N) is 1. The SMILES string of the molecule is CCN1CCC(c2ccc(Br)cc2)C(F)C1. The quantitative estimate of drug-likeness (QED) is 0.803. The Labute approximate surface area is 105 Å². The fourth-order valence-electron chi connectivity index (χ4n) is 2.34. The van der Waals surface area contributed by atoms with E-state index in [1.807, 2.05) is 24.3 Å². The van der Waals surface area contributed by atoms with Gasteiger partial charge in [0.15, 0.2) is 0 Å². The van der Waals surface area contributed by atoms with Gasteiger partial charge in [-0.2, -0.15) is 0 Å². The smallest absolute Gasteiger partial charge is 0.120 e. The maximum atomic E-state index is 14.0. The number of hydrogen-bond donors (Lipinski definition) is 0. The van der Waals surface area contributed by atoms with E-state index in [9.17, 15) is 4.39 Å². The molecule has 16 heavy (non-hydrogen) atoms. The molecule has 0 radical (unpaired) electrons. The molecule has 1 fully saturated rings. The monoisotopic (exact) mass is 285 g/mol. The second kappa shape index (κ2) is 5.28. The Morgan fingerprint density at radius 1 is 1.38 bits per heavy atom. The summed E-state index contributed by atoms with van der Waals surface area (Å²) in [6.45, 7) is 4.63. The third-order valence-electron chi connectivity index (χ3n) is 3.37. The van der Waals surface area contributed by atoms with E-state index < -0.39 is 6.17 Å². The summed E-state index contributed by atoms with van der Waals surface area (Å²) in [5.41, 5.74) is 1.13. The summed E-state index contributed by atoms with van der Waals surface area (Å²) >= 11 is 3.40. The second-order valence-corrected chi connectivity index (χ2v) is 5.27. The lowest BCUT2D eigenvalue weighted by Crippen LogP contribution is -2.40. The van der Waals surface area contributed by atoms with Crippen molar-refractivity contribution in [2.45, 2.75) is 25.4 Å². The van der Waals surface area contributed by atoms with E-state index in [4.69, 9.17) is 0 Å². The zero-order chi connectivity index (χ0) is 11.5. The standard InChI is InChI=1S/C13H17BrFN/c1-2-16-8-7-12(13(15)9-16)10-3-5-11(14)6-4-10/h3-6,12-13H,2,7-9H2,1H3. The number of piperidine rings is 1. The highest BCUT2D eigenvalue weighted by Gasteiger charge is 2.29. The molecule has 0 aliphatic carbocycles. The summed E-state index contributed by atoms with van der Waals surface area (Å²) < 4.78 is 15.1. The van der Waals surface area contributed by atoms with Crippen molar-refractivity contribution in [2.24, 2.45) is 0 Å². The first kappa shape index (κ1) is 12.1. The molecule has 1 saturated heterocycles. The molecule has 2 unspecified atom stereocenters. The van der Waals surface area contributed by atoms with Gasteiger partial charge in [-0.1, -0.05) is 35.0 Å². The zero-order valence-corrected chi connectivity index (χ0v) is 11.1. The molecular weight excluding hydrogens is 269 g/mol. The molecule has 1 aromatic rings. The van der Waals surface area contributed by atoms with Crippen molar-refractivity contribution >= 4 is 15.9 Å².